The van der Waals surface area contributed by atoms with Crippen LogP contribution in [0.15, 0.2) is 18.2 Å². The van der Waals surface area contributed by atoms with E-state index in [4.69, 9.17) is 14.2 Å². The number of hydrogen-bond donors (Lipinski definition) is 1. The minimum atomic E-state index is -0.212. The van der Waals surface area contributed by atoms with Crippen molar-refractivity contribution < 1.29 is 24.1 Å². The molecule has 0 radical (unpaired) electrons. The zero-order valence-electron chi connectivity index (χ0n) is 12.9. The lowest BCUT2D eigenvalue weighted by Gasteiger charge is -2.09. The molecule has 0 heterocycles. The Morgan fingerprint density at radius 1 is 1.24 bits per heavy atom. The van der Waals surface area contributed by atoms with E-state index < -0.39 is 0 Å². The van der Waals surface area contributed by atoms with Crippen LogP contribution >= 0.6 is 0 Å². The number of hydrogen-bond acceptors (Lipinski definition) is 5. The molecular weight excluding hydrogens is 272 g/mol. The summed E-state index contributed by atoms with van der Waals surface area (Å²) in [6.07, 6.45) is 3.91. The van der Waals surface area contributed by atoms with E-state index in [1.165, 1.54) is 14.2 Å². The van der Waals surface area contributed by atoms with Crippen LogP contribution in [0.4, 0.5) is 0 Å². The first kappa shape index (κ1) is 16.9. The predicted molar refractivity (Wildman–Crippen MR) is 80.7 cm³/mol. The Balaban J connectivity index is 2.66. The van der Waals surface area contributed by atoms with Crippen LogP contribution in [0.5, 0.6) is 17.2 Å². The van der Waals surface area contributed by atoms with Crippen molar-refractivity contribution >= 4 is 12.0 Å². The van der Waals surface area contributed by atoms with Crippen LogP contribution in [-0.4, -0.2) is 31.9 Å². The Morgan fingerprint density at radius 2 is 1.81 bits per heavy atom. The summed E-state index contributed by atoms with van der Waals surface area (Å²) < 4.78 is 15.2. The summed E-state index contributed by atoms with van der Waals surface area (Å²) in [6, 6.07) is 3.34. The molecule has 0 aromatic heterocycles. The van der Waals surface area contributed by atoms with Crippen molar-refractivity contribution in [1.82, 2.24) is 0 Å². The highest BCUT2D eigenvalue weighted by Gasteiger charge is 2.09. The lowest BCUT2D eigenvalue weighted by atomic mass is 10.1. The number of methoxy groups -OCH3 is 2. The van der Waals surface area contributed by atoms with Crippen LogP contribution in [0.1, 0.15) is 25.8 Å². The Bertz CT molecular complexity index is 480. The molecular formula is C16H22O5. The minimum Gasteiger partial charge on any atom is -0.502 e. The molecule has 21 heavy (non-hydrogen) atoms. The maximum absolute atomic E-state index is 11.4. The number of phenols is 1. The van der Waals surface area contributed by atoms with Gasteiger partial charge in [0.25, 0.3) is 0 Å². The molecule has 1 aromatic carbocycles. The van der Waals surface area contributed by atoms with Gasteiger partial charge in [0.1, 0.15) is 6.61 Å². The number of carbonyl (C=O) groups excluding carboxylic acids is 1. The molecule has 0 saturated heterocycles. The number of phenolic OH excluding ortho intramolecular Hbond substituents is 1. The van der Waals surface area contributed by atoms with E-state index in [-0.39, 0.29) is 24.2 Å². The molecule has 1 N–H and O–H groups in total. The van der Waals surface area contributed by atoms with Gasteiger partial charge in [0.2, 0.25) is 5.75 Å². The lowest BCUT2D eigenvalue weighted by molar-refractivity contribution is -0.143. The number of rotatable bonds is 7. The average Bonchev–Trinajstić information content (AvgIpc) is 2.44. The van der Waals surface area contributed by atoms with E-state index in [1.54, 1.807) is 24.3 Å². The van der Waals surface area contributed by atoms with Crippen LogP contribution in [0, 0.1) is 5.92 Å². The summed E-state index contributed by atoms with van der Waals surface area (Å²) in [5.74, 6) is 0.680. The van der Waals surface area contributed by atoms with Crippen molar-refractivity contribution in [2.45, 2.75) is 20.3 Å². The molecule has 5 heteroatoms. The second-order valence-corrected chi connectivity index (χ2v) is 4.96. The van der Waals surface area contributed by atoms with E-state index in [0.29, 0.717) is 17.9 Å². The molecule has 0 aliphatic rings. The van der Waals surface area contributed by atoms with Crippen LogP contribution < -0.4 is 9.47 Å². The Labute approximate surface area is 125 Å². The first-order chi connectivity index (χ1) is 9.97. The number of benzene rings is 1. The van der Waals surface area contributed by atoms with Gasteiger partial charge in [-0.25, -0.2) is 0 Å². The topological polar surface area (TPSA) is 65.0 Å². The maximum Gasteiger partial charge on any atom is 0.306 e. The molecule has 5 nitrogen and oxygen atoms in total. The quantitative estimate of drug-likeness (QED) is 0.783. The van der Waals surface area contributed by atoms with E-state index in [1.807, 2.05) is 13.8 Å². The molecule has 0 saturated carbocycles. The minimum absolute atomic E-state index is 0.0412. The fraction of sp³-hybridized carbons (Fsp3) is 0.438. The van der Waals surface area contributed by atoms with Crippen molar-refractivity contribution in [2.75, 3.05) is 20.8 Å². The third-order valence-corrected chi connectivity index (χ3v) is 2.73. The summed E-state index contributed by atoms with van der Waals surface area (Å²) in [7, 11) is 2.94. The Kier molecular flexibility index (Phi) is 6.59. The van der Waals surface area contributed by atoms with E-state index in [2.05, 4.69) is 0 Å². The highest BCUT2D eigenvalue weighted by atomic mass is 16.5. The van der Waals surface area contributed by atoms with Crippen molar-refractivity contribution in [1.29, 1.82) is 0 Å². The molecule has 0 spiro atoms. The lowest BCUT2D eigenvalue weighted by Crippen LogP contribution is -2.07. The van der Waals surface area contributed by atoms with Crippen molar-refractivity contribution in [3.8, 4) is 17.2 Å². The second-order valence-electron chi connectivity index (χ2n) is 4.96. The van der Waals surface area contributed by atoms with Crippen LogP contribution in [0.2, 0.25) is 0 Å². The predicted octanol–water partition coefficient (Wildman–Crippen LogP) is 3.01. The van der Waals surface area contributed by atoms with Crippen LogP contribution in [-0.2, 0) is 9.53 Å². The smallest absolute Gasteiger partial charge is 0.306 e. The zero-order valence-corrected chi connectivity index (χ0v) is 12.9. The highest BCUT2D eigenvalue weighted by molar-refractivity contribution is 5.69. The van der Waals surface area contributed by atoms with Crippen molar-refractivity contribution in [2.24, 2.45) is 5.92 Å². The molecule has 1 rings (SSSR count). The molecule has 0 amide bonds. The van der Waals surface area contributed by atoms with Gasteiger partial charge in [0.05, 0.1) is 14.2 Å². The largest absolute Gasteiger partial charge is 0.502 e. The van der Waals surface area contributed by atoms with Crippen molar-refractivity contribution in [3.05, 3.63) is 23.8 Å². The first-order valence-corrected chi connectivity index (χ1v) is 6.75. The van der Waals surface area contributed by atoms with E-state index >= 15 is 0 Å². The van der Waals surface area contributed by atoms with Gasteiger partial charge in [0, 0.05) is 6.42 Å². The van der Waals surface area contributed by atoms with Crippen LogP contribution in [0.3, 0.4) is 0 Å². The number of aromatic hydroxyl groups is 1. The fourth-order valence-corrected chi connectivity index (χ4v) is 1.73. The average molecular weight is 294 g/mol. The molecule has 0 bridgehead atoms. The third-order valence-electron chi connectivity index (χ3n) is 2.73. The highest BCUT2D eigenvalue weighted by Crippen LogP contribution is 2.37. The van der Waals surface area contributed by atoms with Gasteiger partial charge >= 0.3 is 5.97 Å². The number of ether oxygens (including phenoxy) is 3. The number of carbonyl (C=O) groups is 1. The monoisotopic (exact) mass is 294 g/mol. The summed E-state index contributed by atoms with van der Waals surface area (Å²) in [4.78, 5) is 11.4. The van der Waals surface area contributed by atoms with Gasteiger partial charge < -0.3 is 19.3 Å². The van der Waals surface area contributed by atoms with E-state index in [9.17, 15) is 9.90 Å². The summed E-state index contributed by atoms with van der Waals surface area (Å²) in [6.45, 7) is 4.13. The van der Waals surface area contributed by atoms with Gasteiger partial charge in [-0.3, -0.25) is 4.79 Å². The molecule has 0 fully saturated rings. The normalized spacial score (nSPS) is 10.9. The molecule has 0 unspecified atom stereocenters. The van der Waals surface area contributed by atoms with Gasteiger partial charge in [-0.1, -0.05) is 19.9 Å². The Hall–Kier alpha value is -2.17. The van der Waals surface area contributed by atoms with Crippen molar-refractivity contribution in [3.63, 3.8) is 0 Å². The molecule has 0 aliphatic carbocycles. The second kappa shape index (κ2) is 8.19. The standard InChI is InChI=1S/C16H22O5/c1-11(2)8-15(17)21-7-5-6-12-9-13(19-3)16(18)14(10-12)20-4/h5-6,9-11,18H,7-8H2,1-4H3. The molecule has 1 aromatic rings. The Morgan fingerprint density at radius 3 is 2.29 bits per heavy atom. The zero-order chi connectivity index (χ0) is 15.8. The molecule has 116 valence electrons. The summed E-state index contributed by atoms with van der Waals surface area (Å²) in [5, 5.41) is 9.80. The summed E-state index contributed by atoms with van der Waals surface area (Å²) >= 11 is 0. The van der Waals surface area contributed by atoms with E-state index in [0.717, 1.165) is 5.56 Å². The summed E-state index contributed by atoms with van der Waals surface area (Å²) in [5.41, 5.74) is 0.779. The third kappa shape index (κ3) is 5.38. The first-order valence-electron chi connectivity index (χ1n) is 6.75. The molecule has 0 atom stereocenters. The van der Waals surface area contributed by atoms with Gasteiger partial charge in [-0.15, -0.1) is 0 Å². The van der Waals surface area contributed by atoms with Gasteiger partial charge in [-0.05, 0) is 29.7 Å². The van der Waals surface area contributed by atoms with Gasteiger partial charge in [-0.2, -0.15) is 0 Å². The maximum atomic E-state index is 11.4. The number of esters is 1. The van der Waals surface area contributed by atoms with Crippen LogP contribution in [0.25, 0.3) is 6.08 Å². The van der Waals surface area contributed by atoms with Gasteiger partial charge in [0.15, 0.2) is 11.5 Å². The SMILES string of the molecule is COc1cc(C=CCOC(=O)CC(C)C)cc(OC)c1O. The molecule has 0 aliphatic heterocycles. The fourth-order valence-electron chi connectivity index (χ4n) is 1.73.